The zero-order chi connectivity index (χ0) is 18.7. The molecule has 0 amide bonds. The third-order valence-electron chi connectivity index (χ3n) is 3.58. The molecule has 2 aromatic heterocycles. The first-order chi connectivity index (χ1) is 12.4. The Bertz CT molecular complexity index is 941. The molecule has 0 aliphatic heterocycles. The van der Waals surface area contributed by atoms with Crippen LogP contribution in [0.15, 0.2) is 35.7 Å². The van der Waals surface area contributed by atoms with Crippen molar-refractivity contribution in [1.29, 1.82) is 0 Å². The Kier molecular flexibility index (Phi) is 5.43. The Hall–Kier alpha value is -2.59. The van der Waals surface area contributed by atoms with E-state index in [4.69, 9.17) is 16.3 Å². The molecule has 136 valence electrons. The quantitative estimate of drug-likeness (QED) is 0.344. The molecule has 0 aliphatic carbocycles. The summed E-state index contributed by atoms with van der Waals surface area (Å²) >= 11 is 7.30. The summed E-state index contributed by atoms with van der Waals surface area (Å²) in [5.41, 5.74) is 0.894. The molecule has 0 spiro atoms. The fourth-order valence-corrected chi connectivity index (χ4v) is 3.17. The van der Waals surface area contributed by atoms with Crippen molar-refractivity contribution in [2.24, 2.45) is 7.05 Å². The minimum Gasteiger partial charge on any atom is -0.485 e. The molecule has 0 radical (unpaired) electrons. The lowest BCUT2D eigenvalue weighted by molar-refractivity contribution is -0.385. The number of benzene rings is 1. The molecule has 3 aromatic rings. The highest BCUT2D eigenvalue weighted by atomic mass is 35.5. The van der Waals surface area contributed by atoms with Crippen LogP contribution in [-0.4, -0.2) is 29.5 Å². The molecule has 11 heteroatoms. The first kappa shape index (κ1) is 18.2. The van der Waals surface area contributed by atoms with Gasteiger partial charge in [-0.2, -0.15) is 5.10 Å². The number of aryl methyl sites for hydroxylation is 1. The molecule has 0 fully saturated rings. The van der Waals surface area contributed by atoms with Crippen LogP contribution in [0, 0.1) is 17.0 Å². The molecular weight excluding hydrogens is 380 g/mol. The van der Waals surface area contributed by atoms with Crippen LogP contribution < -0.4 is 4.74 Å². The molecule has 0 aliphatic rings. The smallest absolute Gasteiger partial charge is 0.307 e. The summed E-state index contributed by atoms with van der Waals surface area (Å²) in [6.45, 7) is 2.18. The van der Waals surface area contributed by atoms with E-state index >= 15 is 0 Å². The van der Waals surface area contributed by atoms with Gasteiger partial charge in [0.2, 0.25) is 0 Å². The number of halogens is 1. The van der Waals surface area contributed by atoms with Crippen molar-refractivity contribution in [3.63, 3.8) is 0 Å². The van der Waals surface area contributed by atoms with Crippen molar-refractivity contribution in [1.82, 2.24) is 24.5 Å². The standard InChI is InChI=1S/C15H15ClN6O3S/c1-10-5-11(16)3-4-13(10)25-8-14-18-19-15(20(14)2)26-9-21-7-12(6-17-21)22(23)24/h3-7H,8-9H2,1-2H3. The van der Waals surface area contributed by atoms with E-state index in [2.05, 4.69) is 15.3 Å². The van der Waals surface area contributed by atoms with Crippen LogP contribution in [0.25, 0.3) is 0 Å². The van der Waals surface area contributed by atoms with Gasteiger partial charge in [0.15, 0.2) is 11.0 Å². The number of ether oxygens (including phenoxy) is 1. The van der Waals surface area contributed by atoms with E-state index in [1.54, 1.807) is 6.07 Å². The fourth-order valence-electron chi connectivity index (χ4n) is 2.15. The molecule has 9 nitrogen and oxygen atoms in total. The molecule has 2 heterocycles. The average Bonchev–Trinajstić information content (AvgIpc) is 3.20. The van der Waals surface area contributed by atoms with E-state index in [1.807, 2.05) is 30.7 Å². The van der Waals surface area contributed by atoms with Gasteiger partial charge in [0.05, 0.1) is 10.8 Å². The third-order valence-corrected chi connectivity index (χ3v) is 4.82. The van der Waals surface area contributed by atoms with Crippen LogP contribution in [-0.2, 0) is 19.5 Å². The van der Waals surface area contributed by atoms with Crippen molar-refractivity contribution >= 4 is 29.1 Å². The Morgan fingerprint density at radius 2 is 2.19 bits per heavy atom. The summed E-state index contributed by atoms with van der Waals surface area (Å²) < 4.78 is 9.07. The van der Waals surface area contributed by atoms with Crippen LogP contribution in [0.5, 0.6) is 5.75 Å². The van der Waals surface area contributed by atoms with Gasteiger partial charge in [-0.3, -0.25) is 14.8 Å². The van der Waals surface area contributed by atoms with Crippen molar-refractivity contribution < 1.29 is 9.66 Å². The van der Waals surface area contributed by atoms with E-state index in [9.17, 15) is 10.1 Å². The maximum Gasteiger partial charge on any atom is 0.307 e. The predicted octanol–water partition coefficient (Wildman–Crippen LogP) is 3.21. The van der Waals surface area contributed by atoms with Crippen LogP contribution >= 0.6 is 23.4 Å². The first-order valence-electron chi connectivity index (χ1n) is 7.51. The Morgan fingerprint density at radius 3 is 2.88 bits per heavy atom. The summed E-state index contributed by atoms with van der Waals surface area (Å²) in [6.07, 6.45) is 2.58. The van der Waals surface area contributed by atoms with Gasteiger partial charge >= 0.3 is 5.69 Å². The van der Waals surface area contributed by atoms with E-state index in [-0.39, 0.29) is 12.3 Å². The van der Waals surface area contributed by atoms with Crippen LogP contribution in [0.4, 0.5) is 5.69 Å². The summed E-state index contributed by atoms with van der Waals surface area (Å²) in [6, 6.07) is 5.41. The Balaban J connectivity index is 1.61. The fraction of sp³-hybridized carbons (Fsp3) is 0.267. The zero-order valence-corrected chi connectivity index (χ0v) is 15.6. The highest BCUT2D eigenvalue weighted by Crippen LogP contribution is 2.23. The lowest BCUT2D eigenvalue weighted by atomic mass is 10.2. The summed E-state index contributed by atoms with van der Waals surface area (Å²) in [4.78, 5) is 10.2. The number of thioether (sulfide) groups is 1. The van der Waals surface area contributed by atoms with E-state index in [0.29, 0.717) is 21.9 Å². The molecule has 0 unspecified atom stereocenters. The number of rotatable bonds is 7. The number of nitro groups is 1. The van der Waals surface area contributed by atoms with E-state index in [0.717, 1.165) is 11.3 Å². The van der Waals surface area contributed by atoms with Crippen molar-refractivity contribution in [2.45, 2.75) is 24.6 Å². The van der Waals surface area contributed by atoms with Gasteiger partial charge in [0.25, 0.3) is 0 Å². The van der Waals surface area contributed by atoms with Crippen LogP contribution in [0.1, 0.15) is 11.4 Å². The van der Waals surface area contributed by atoms with Gasteiger partial charge in [0.1, 0.15) is 24.8 Å². The van der Waals surface area contributed by atoms with Gasteiger partial charge in [0, 0.05) is 12.1 Å². The number of nitrogens with zero attached hydrogens (tertiary/aromatic N) is 6. The minimum absolute atomic E-state index is 0.0454. The largest absolute Gasteiger partial charge is 0.485 e. The monoisotopic (exact) mass is 394 g/mol. The predicted molar refractivity (Wildman–Crippen MR) is 96.3 cm³/mol. The second kappa shape index (κ2) is 7.75. The number of hydrogen-bond acceptors (Lipinski definition) is 7. The summed E-state index contributed by atoms with van der Waals surface area (Å²) in [7, 11) is 1.83. The van der Waals surface area contributed by atoms with Gasteiger partial charge in [-0.05, 0) is 30.7 Å². The molecular formula is C15H15ClN6O3S. The molecule has 26 heavy (non-hydrogen) atoms. The zero-order valence-electron chi connectivity index (χ0n) is 14.0. The topological polar surface area (TPSA) is 101 Å². The molecule has 0 atom stereocenters. The van der Waals surface area contributed by atoms with E-state index < -0.39 is 4.92 Å². The van der Waals surface area contributed by atoms with Gasteiger partial charge in [-0.25, -0.2) is 0 Å². The van der Waals surface area contributed by atoms with Gasteiger partial charge in [-0.15, -0.1) is 10.2 Å². The molecule has 0 saturated carbocycles. The van der Waals surface area contributed by atoms with Crippen LogP contribution in [0.3, 0.4) is 0 Å². The van der Waals surface area contributed by atoms with Crippen LogP contribution in [0.2, 0.25) is 5.02 Å². The molecule has 3 rings (SSSR count). The lowest BCUT2D eigenvalue weighted by Crippen LogP contribution is -2.05. The van der Waals surface area contributed by atoms with Crippen molar-refractivity contribution in [3.8, 4) is 5.75 Å². The maximum atomic E-state index is 10.7. The SMILES string of the molecule is Cc1cc(Cl)ccc1OCc1nnc(SCn2cc([N+](=O)[O-])cn2)n1C. The maximum absolute atomic E-state index is 10.7. The van der Waals surface area contributed by atoms with Gasteiger partial charge < -0.3 is 9.30 Å². The molecule has 0 saturated heterocycles. The first-order valence-corrected chi connectivity index (χ1v) is 8.87. The molecule has 0 bridgehead atoms. The summed E-state index contributed by atoms with van der Waals surface area (Å²) in [5, 5.41) is 24.2. The normalized spacial score (nSPS) is 10.9. The number of hydrogen-bond donors (Lipinski definition) is 0. The van der Waals surface area contributed by atoms with E-state index in [1.165, 1.54) is 28.8 Å². The third kappa shape index (κ3) is 4.14. The Labute approximate surface area is 158 Å². The Morgan fingerprint density at radius 1 is 1.38 bits per heavy atom. The van der Waals surface area contributed by atoms with Crippen molar-refractivity contribution in [2.75, 3.05) is 0 Å². The minimum atomic E-state index is -0.481. The highest BCUT2D eigenvalue weighted by molar-refractivity contribution is 7.98. The lowest BCUT2D eigenvalue weighted by Gasteiger charge is -2.09. The molecule has 1 aromatic carbocycles. The highest BCUT2D eigenvalue weighted by Gasteiger charge is 2.13. The summed E-state index contributed by atoms with van der Waals surface area (Å²) in [5.74, 6) is 1.78. The molecule has 0 N–H and O–H groups in total. The average molecular weight is 395 g/mol. The van der Waals surface area contributed by atoms with Crippen molar-refractivity contribution in [3.05, 3.63) is 57.1 Å². The second-order valence-corrected chi connectivity index (χ2v) is 6.77. The number of aromatic nitrogens is 5. The van der Waals surface area contributed by atoms with Gasteiger partial charge in [-0.1, -0.05) is 23.4 Å². The second-order valence-electron chi connectivity index (χ2n) is 5.42.